The second-order valence-corrected chi connectivity index (χ2v) is 3.85. The molecule has 1 aromatic carbocycles. The molecule has 2 unspecified atom stereocenters. The lowest BCUT2D eigenvalue weighted by Crippen LogP contribution is -2.29. The maximum atomic E-state index is 9.90. The van der Waals surface area contributed by atoms with Crippen LogP contribution in [0, 0.1) is 0 Å². The van der Waals surface area contributed by atoms with Crippen LogP contribution >= 0.6 is 0 Å². The molecule has 2 atom stereocenters. The van der Waals surface area contributed by atoms with Gasteiger partial charge in [0.15, 0.2) is 0 Å². The molecule has 4 nitrogen and oxygen atoms in total. The van der Waals surface area contributed by atoms with Gasteiger partial charge in [-0.15, -0.1) is 0 Å². The Morgan fingerprint density at radius 3 is 2.56 bits per heavy atom. The summed E-state index contributed by atoms with van der Waals surface area (Å²) in [6.07, 6.45) is -1.63. The molecule has 0 spiro atoms. The molecule has 90 valence electrons. The van der Waals surface area contributed by atoms with Crippen molar-refractivity contribution in [1.29, 1.82) is 0 Å². The topological polar surface area (TPSA) is 64.5 Å². The molecule has 0 fully saturated rings. The van der Waals surface area contributed by atoms with E-state index in [1.54, 1.807) is 7.05 Å². The highest BCUT2D eigenvalue weighted by molar-refractivity contribution is 5.25. The Balaban J connectivity index is 2.74. The lowest BCUT2D eigenvalue weighted by Gasteiger charge is -2.18. The first kappa shape index (κ1) is 13.1. The van der Waals surface area contributed by atoms with Gasteiger partial charge in [-0.05, 0) is 25.2 Å². The maximum Gasteiger partial charge on any atom is 0.106 e. The van der Waals surface area contributed by atoms with Gasteiger partial charge in [-0.25, -0.2) is 0 Å². The summed E-state index contributed by atoms with van der Waals surface area (Å²) >= 11 is 0. The number of hydrogen-bond donors (Lipinski definition) is 4. The lowest BCUT2D eigenvalue weighted by molar-refractivity contribution is 0.0202. The first-order chi connectivity index (χ1) is 7.69. The van der Waals surface area contributed by atoms with Gasteiger partial charge in [0.25, 0.3) is 0 Å². The van der Waals surface area contributed by atoms with Crippen LogP contribution in [0.3, 0.4) is 0 Å². The molecular formula is C12H20N2O2. The van der Waals surface area contributed by atoms with Gasteiger partial charge < -0.3 is 20.8 Å². The summed E-state index contributed by atoms with van der Waals surface area (Å²) in [7, 11) is 3.62. The van der Waals surface area contributed by atoms with Crippen molar-refractivity contribution in [2.45, 2.75) is 18.8 Å². The molecule has 0 saturated heterocycles. The molecule has 4 heteroatoms. The zero-order valence-corrected chi connectivity index (χ0v) is 9.77. The number of rotatable bonds is 6. The fraction of sp³-hybridized carbons (Fsp3) is 0.500. The van der Waals surface area contributed by atoms with Crippen LogP contribution < -0.4 is 10.6 Å². The van der Waals surface area contributed by atoms with Gasteiger partial charge >= 0.3 is 0 Å². The Morgan fingerprint density at radius 2 is 1.94 bits per heavy atom. The largest absolute Gasteiger partial charge is 0.389 e. The monoisotopic (exact) mass is 224 g/mol. The van der Waals surface area contributed by atoms with Crippen LogP contribution in [0.4, 0.5) is 0 Å². The smallest absolute Gasteiger partial charge is 0.106 e. The molecule has 0 saturated carbocycles. The SMILES string of the molecule is CNCc1cccc(C(O)C(O)CNC)c1. The third kappa shape index (κ3) is 3.57. The molecule has 0 aliphatic carbocycles. The van der Waals surface area contributed by atoms with Crippen molar-refractivity contribution in [3.8, 4) is 0 Å². The number of aliphatic hydroxyl groups excluding tert-OH is 2. The van der Waals surface area contributed by atoms with Gasteiger partial charge in [-0.2, -0.15) is 0 Å². The van der Waals surface area contributed by atoms with Crippen LogP contribution in [0.5, 0.6) is 0 Å². The lowest BCUT2D eigenvalue weighted by atomic mass is 10.0. The summed E-state index contributed by atoms with van der Waals surface area (Å²) in [5, 5.41) is 25.4. The minimum absolute atomic E-state index is 0.372. The molecule has 0 aromatic heterocycles. The van der Waals surface area contributed by atoms with Crippen LogP contribution in [0.25, 0.3) is 0 Å². The molecule has 0 aliphatic heterocycles. The third-order valence-electron chi connectivity index (χ3n) is 2.45. The summed E-state index contributed by atoms with van der Waals surface area (Å²) in [6.45, 7) is 1.13. The average Bonchev–Trinajstić information content (AvgIpc) is 2.29. The van der Waals surface area contributed by atoms with Gasteiger partial charge in [-0.1, -0.05) is 24.3 Å². The van der Waals surface area contributed by atoms with Gasteiger partial charge in [0.1, 0.15) is 6.10 Å². The second-order valence-electron chi connectivity index (χ2n) is 3.85. The summed E-state index contributed by atoms with van der Waals surface area (Å²) in [4.78, 5) is 0. The summed E-state index contributed by atoms with van der Waals surface area (Å²) in [6, 6.07) is 7.59. The predicted octanol–water partition coefficient (Wildman–Crippen LogP) is 0.0197. The van der Waals surface area contributed by atoms with Crippen molar-refractivity contribution in [3.05, 3.63) is 35.4 Å². The van der Waals surface area contributed by atoms with E-state index in [0.717, 1.165) is 17.7 Å². The van der Waals surface area contributed by atoms with Crippen molar-refractivity contribution >= 4 is 0 Å². The number of likely N-dealkylation sites (N-methyl/N-ethyl adjacent to an activating group) is 1. The first-order valence-electron chi connectivity index (χ1n) is 5.43. The molecule has 16 heavy (non-hydrogen) atoms. The molecule has 0 radical (unpaired) electrons. The molecule has 4 N–H and O–H groups in total. The van der Waals surface area contributed by atoms with Crippen LogP contribution in [0.2, 0.25) is 0 Å². The number of aliphatic hydroxyl groups is 2. The van der Waals surface area contributed by atoms with E-state index in [1.165, 1.54) is 0 Å². The highest BCUT2D eigenvalue weighted by Gasteiger charge is 2.17. The van der Waals surface area contributed by atoms with E-state index in [9.17, 15) is 10.2 Å². The maximum absolute atomic E-state index is 9.90. The van der Waals surface area contributed by atoms with Gasteiger partial charge in [-0.3, -0.25) is 0 Å². The zero-order valence-electron chi connectivity index (χ0n) is 9.77. The van der Waals surface area contributed by atoms with Gasteiger partial charge in [0.05, 0.1) is 6.10 Å². The Labute approximate surface area is 96.3 Å². The molecular weight excluding hydrogens is 204 g/mol. The van der Waals surface area contributed by atoms with Crippen LogP contribution in [0.1, 0.15) is 17.2 Å². The minimum Gasteiger partial charge on any atom is -0.389 e. The molecule has 1 aromatic rings. The van der Waals surface area contributed by atoms with E-state index in [2.05, 4.69) is 10.6 Å². The summed E-state index contributed by atoms with van der Waals surface area (Å²) < 4.78 is 0. The van der Waals surface area contributed by atoms with Crippen LogP contribution in [-0.4, -0.2) is 37.0 Å². The molecule has 1 rings (SSSR count). The molecule has 0 amide bonds. The predicted molar refractivity (Wildman–Crippen MR) is 64.1 cm³/mol. The van der Waals surface area contributed by atoms with Crippen LogP contribution in [0.15, 0.2) is 24.3 Å². The number of nitrogens with one attached hydrogen (secondary N) is 2. The van der Waals surface area contributed by atoms with Crippen molar-refractivity contribution in [3.63, 3.8) is 0 Å². The van der Waals surface area contributed by atoms with Crippen molar-refractivity contribution in [2.75, 3.05) is 20.6 Å². The highest BCUT2D eigenvalue weighted by atomic mass is 16.3. The van der Waals surface area contributed by atoms with Crippen molar-refractivity contribution < 1.29 is 10.2 Å². The normalized spacial score (nSPS) is 14.8. The van der Waals surface area contributed by atoms with Gasteiger partial charge in [0.2, 0.25) is 0 Å². The quantitative estimate of drug-likeness (QED) is 0.550. The van der Waals surface area contributed by atoms with Crippen molar-refractivity contribution in [2.24, 2.45) is 0 Å². The van der Waals surface area contributed by atoms with Gasteiger partial charge in [0, 0.05) is 13.1 Å². The zero-order chi connectivity index (χ0) is 12.0. The Hall–Kier alpha value is -0.940. The highest BCUT2D eigenvalue weighted by Crippen LogP contribution is 2.17. The summed E-state index contributed by atoms with van der Waals surface area (Å²) in [5.41, 5.74) is 1.84. The molecule has 0 bridgehead atoms. The third-order valence-corrected chi connectivity index (χ3v) is 2.45. The van der Waals surface area contributed by atoms with Crippen LogP contribution in [-0.2, 0) is 6.54 Å². The fourth-order valence-corrected chi connectivity index (χ4v) is 1.63. The van der Waals surface area contributed by atoms with E-state index in [1.807, 2.05) is 31.3 Å². The second kappa shape index (κ2) is 6.60. The van der Waals surface area contributed by atoms with E-state index in [0.29, 0.717) is 6.54 Å². The standard InChI is InChI=1S/C12H20N2O2/c1-13-7-9-4-3-5-10(6-9)12(16)11(15)8-14-2/h3-6,11-16H,7-8H2,1-2H3. The van der Waals surface area contributed by atoms with Crippen molar-refractivity contribution in [1.82, 2.24) is 10.6 Å². The minimum atomic E-state index is -0.843. The average molecular weight is 224 g/mol. The van der Waals surface area contributed by atoms with E-state index < -0.39 is 12.2 Å². The van der Waals surface area contributed by atoms with E-state index in [4.69, 9.17) is 0 Å². The first-order valence-corrected chi connectivity index (χ1v) is 5.43. The number of benzene rings is 1. The Bertz CT molecular complexity index is 318. The van der Waals surface area contributed by atoms with E-state index >= 15 is 0 Å². The number of hydrogen-bond acceptors (Lipinski definition) is 4. The fourth-order valence-electron chi connectivity index (χ4n) is 1.63. The summed E-state index contributed by atoms with van der Waals surface area (Å²) in [5.74, 6) is 0. The Morgan fingerprint density at radius 1 is 1.19 bits per heavy atom. The van der Waals surface area contributed by atoms with E-state index in [-0.39, 0.29) is 0 Å². The molecule has 0 aliphatic rings. The molecule has 0 heterocycles. The Kier molecular flexibility index (Phi) is 5.42.